The van der Waals surface area contributed by atoms with Crippen LogP contribution < -0.4 is 14.8 Å². The van der Waals surface area contributed by atoms with Crippen LogP contribution in [0.1, 0.15) is 33.6 Å². The Kier molecular flexibility index (Phi) is 7.41. The highest BCUT2D eigenvalue weighted by molar-refractivity contribution is 5.39. The van der Waals surface area contributed by atoms with Crippen LogP contribution in [0.5, 0.6) is 11.5 Å². The van der Waals surface area contributed by atoms with Crippen molar-refractivity contribution in [1.29, 1.82) is 0 Å². The maximum absolute atomic E-state index is 10.1. The van der Waals surface area contributed by atoms with Crippen LogP contribution in [0.25, 0.3) is 0 Å². The Bertz CT molecular complexity index is 378. The third kappa shape index (κ3) is 5.39. The number of aliphatic hydroxyl groups is 1. The van der Waals surface area contributed by atoms with Crippen molar-refractivity contribution in [3.05, 3.63) is 24.3 Å². The second kappa shape index (κ2) is 8.82. The van der Waals surface area contributed by atoms with E-state index in [1.807, 2.05) is 45.0 Å². The molecule has 0 atom stereocenters. The molecule has 0 saturated heterocycles. The van der Waals surface area contributed by atoms with Crippen molar-refractivity contribution in [1.82, 2.24) is 5.32 Å². The van der Waals surface area contributed by atoms with Gasteiger partial charge in [0.05, 0.1) is 12.2 Å². The summed E-state index contributed by atoms with van der Waals surface area (Å²) in [4.78, 5) is 0. The molecule has 0 aliphatic carbocycles. The number of ether oxygens (including phenoxy) is 2. The van der Waals surface area contributed by atoms with Gasteiger partial charge in [-0.3, -0.25) is 0 Å². The maximum atomic E-state index is 10.1. The Balaban J connectivity index is 2.31. The fraction of sp³-hybridized carbons (Fsp3) is 0.625. The van der Waals surface area contributed by atoms with Crippen LogP contribution in [0.4, 0.5) is 0 Å². The summed E-state index contributed by atoms with van der Waals surface area (Å²) in [6, 6.07) is 7.66. The second-order valence-electron chi connectivity index (χ2n) is 4.84. The van der Waals surface area contributed by atoms with Crippen molar-refractivity contribution in [2.75, 3.05) is 26.3 Å². The molecule has 0 aliphatic rings. The van der Waals surface area contributed by atoms with Gasteiger partial charge in [0, 0.05) is 13.1 Å². The first-order chi connectivity index (χ1) is 9.65. The van der Waals surface area contributed by atoms with E-state index >= 15 is 0 Å². The smallest absolute Gasteiger partial charge is 0.161 e. The lowest BCUT2D eigenvalue weighted by molar-refractivity contribution is 0.0320. The quantitative estimate of drug-likeness (QED) is 0.647. The zero-order chi connectivity index (χ0) is 14.8. The molecule has 114 valence electrons. The summed E-state index contributed by atoms with van der Waals surface area (Å²) in [6.07, 6.45) is 1.51. The molecule has 20 heavy (non-hydrogen) atoms. The minimum absolute atomic E-state index is 0.549. The third-order valence-corrected chi connectivity index (χ3v) is 3.46. The zero-order valence-corrected chi connectivity index (χ0v) is 12.8. The first kappa shape index (κ1) is 16.8. The van der Waals surface area contributed by atoms with E-state index in [2.05, 4.69) is 5.32 Å². The molecule has 0 bridgehead atoms. The van der Waals surface area contributed by atoms with E-state index in [9.17, 15) is 5.11 Å². The summed E-state index contributed by atoms with van der Waals surface area (Å²) in [5, 5.41) is 13.4. The minimum atomic E-state index is -0.608. The molecule has 1 rings (SSSR count). The Morgan fingerprint density at radius 1 is 1.05 bits per heavy atom. The Morgan fingerprint density at radius 3 is 2.20 bits per heavy atom. The number of benzene rings is 1. The van der Waals surface area contributed by atoms with Crippen molar-refractivity contribution in [3.8, 4) is 11.5 Å². The molecule has 2 N–H and O–H groups in total. The Morgan fingerprint density at radius 2 is 1.65 bits per heavy atom. The van der Waals surface area contributed by atoms with Crippen LogP contribution in [0.3, 0.4) is 0 Å². The highest BCUT2D eigenvalue weighted by Crippen LogP contribution is 2.26. The fourth-order valence-corrected chi connectivity index (χ4v) is 1.90. The van der Waals surface area contributed by atoms with Crippen LogP contribution in [0.15, 0.2) is 24.3 Å². The molecule has 1 aromatic rings. The summed E-state index contributed by atoms with van der Waals surface area (Å²) >= 11 is 0. The highest BCUT2D eigenvalue weighted by atomic mass is 16.5. The van der Waals surface area contributed by atoms with Crippen molar-refractivity contribution >= 4 is 0 Å². The van der Waals surface area contributed by atoms with Gasteiger partial charge in [-0.15, -0.1) is 0 Å². The SMILES string of the molecule is CCOc1ccccc1OCCNCC(O)(CC)CC. The summed E-state index contributed by atoms with van der Waals surface area (Å²) in [5.41, 5.74) is -0.608. The lowest BCUT2D eigenvalue weighted by Crippen LogP contribution is -2.40. The van der Waals surface area contributed by atoms with Gasteiger partial charge >= 0.3 is 0 Å². The average molecular weight is 281 g/mol. The van der Waals surface area contributed by atoms with E-state index in [1.54, 1.807) is 0 Å². The topological polar surface area (TPSA) is 50.7 Å². The molecule has 0 saturated carbocycles. The number of nitrogens with one attached hydrogen (secondary N) is 1. The van der Waals surface area contributed by atoms with Crippen LogP contribution in [0, 0.1) is 0 Å². The lowest BCUT2D eigenvalue weighted by Gasteiger charge is -2.25. The molecule has 4 heteroatoms. The second-order valence-corrected chi connectivity index (χ2v) is 4.84. The molecule has 1 aromatic carbocycles. The average Bonchev–Trinajstić information content (AvgIpc) is 2.48. The normalized spacial score (nSPS) is 11.4. The molecule has 0 aliphatic heterocycles. The van der Waals surface area contributed by atoms with Gasteiger partial charge < -0.3 is 19.9 Å². The largest absolute Gasteiger partial charge is 0.490 e. The first-order valence-corrected chi connectivity index (χ1v) is 7.43. The third-order valence-electron chi connectivity index (χ3n) is 3.46. The molecule has 0 heterocycles. The van der Waals surface area contributed by atoms with Crippen LogP contribution in [0.2, 0.25) is 0 Å². The van der Waals surface area contributed by atoms with Crippen molar-refractivity contribution in [2.24, 2.45) is 0 Å². The standard InChI is InChI=1S/C16H27NO3/c1-4-16(18,5-2)13-17-11-12-20-15-10-8-7-9-14(15)19-6-3/h7-10,17-18H,4-6,11-13H2,1-3H3. The Hall–Kier alpha value is -1.26. The number of rotatable bonds is 10. The number of hydrogen-bond donors (Lipinski definition) is 2. The summed E-state index contributed by atoms with van der Waals surface area (Å²) in [7, 11) is 0. The predicted octanol–water partition coefficient (Wildman–Crippen LogP) is 2.60. The van der Waals surface area contributed by atoms with Crippen molar-refractivity contribution < 1.29 is 14.6 Å². The van der Waals surface area contributed by atoms with Crippen molar-refractivity contribution in [2.45, 2.75) is 39.2 Å². The highest BCUT2D eigenvalue weighted by Gasteiger charge is 2.20. The van der Waals surface area contributed by atoms with E-state index in [0.717, 1.165) is 24.3 Å². The monoisotopic (exact) mass is 281 g/mol. The van der Waals surface area contributed by atoms with E-state index in [4.69, 9.17) is 9.47 Å². The van der Waals surface area contributed by atoms with Crippen LogP contribution in [-0.4, -0.2) is 37.0 Å². The zero-order valence-electron chi connectivity index (χ0n) is 12.8. The molecule has 0 fully saturated rings. The Labute approximate surface area is 122 Å². The molecular formula is C16H27NO3. The van der Waals surface area contributed by atoms with Gasteiger partial charge in [-0.05, 0) is 31.9 Å². The lowest BCUT2D eigenvalue weighted by atomic mass is 9.98. The van der Waals surface area contributed by atoms with E-state index < -0.39 is 5.60 Å². The van der Waals surface area contributed by atoms with Gasteiger partial charge in [0.25, 0.3) is 0 Å². The van der Waals surface area contributed by atoms with Crippen molar-refractivity contribution in [3.63, 3.8) is 0 Å². The molecule has 0 radical (unpaired) electrons. The molecular weight excluding hydrogens is 254 g/mol. The summed E-state index contributed by atoms with van der Waals surface area (Å²) < 4.78 is 11.2. The van der Waals surface area contributed by atoms with Gasteiger partial charge in [-0.1, -0.05) is 26.0 Å². The first-order valence-electron chi connectivity index (χ1n) is 7.43. The van der Waals surface area contributed by atoms with E-state index in [-0.39, 0.29) is 0 Å². The molecule has 0 aromatic heterocycles. The van der Waals surface area contributed by atoms with Crippen LogP contribution >= 0.6 is 0 Å². The predicted molar refractivity (Wildman–Crippen MR) is 81.5 cm³/mol. The molecule has 4 nitrogen and oxygen atoms in total. The van der Waals surface area contributed by atoms with Gasteiger partial charge in [-0.2, -0.15) is 0 Å². The van der Waals surface area contributed by atoms with E-state index in [1.165, 1.54) is 0 Å². The van der Waals surface area contributed by atoms with Gasteiger partial charge in [-0.25, -0.2) is 0 Å². The molecule has 0 amide bonds. The maximum Gasteiger partial charge on any atom is 0.161 e. The summed E-state index contributed by atoms with van der Waals surface area (Å²) in [5.74, 6) is 1.53. The minimum Gasteiger partial charge on any atom is -0.490 e. The molecule has 0 unspecified atom stereocenters. The molecule has 0 spiro atoms. The number of para-hydroxylation sites is 2. The fourth-order valence-electron chi connectivity index (χ4n) is 1.90. The summed E-state index contributed by atoms with van der Waals surface area (Å²) in [6.45, 7) is 8.42. The number of hydrogen-bond acceptors (Lipinski definition) is 4. The van der Waals surface area contributed by atoms with Crippen LogP contribution in [-0.2, 0) is 0 Å². The van der Waals surface area contributed by atoms with E-state index in [0.29, 0.717) is 26.3 Å². The van der Waals surface area contributed by atoms with Gasteiger partial charge in [0.2, 0.25) is 0 Å². The van der Waals surface area contributed by atoms with Gasteiger partial charge in [0.1, 0.15) is 6.61 Å². The van der Waals surface area contributed by atoms with Gasteiger partial charge in [0.15, 0.2) is 11.5 Å².